The second kappa shape index (κ2) is 5.26. The van der Waals surface area contributed by atoms with Gasteiger partial charge in [-0.15, -0.1) is 0 Å². The van der Waals surface area contributed by atoms with Gasteiger partial charge in [-0.05, 0) is 36.1 Å². The molecular weight excluding hydrogens is 304 g/mol. The van der Waals surface area contributed by atoms with Gasteiger partial charge in [-0.2, -0.15) is 0 Å². The Morgan fingerprint density at radius 2 is 2.00 bits per heavy atom. The first-order valence-electron chi connectivity index (χ1n) is 6.85. The molecule has 1 heterocycles. The van der Waals surface area contributed by atoms with Gasteiger partial charge in [0.1, 0.15) is 0 Å². The van der Waals surface area contributed by atoms with Gasteiger partial charge in [-0.3, -0.25) is 4.79 Å². The van der Waals surface area contributed by atoms with Crippen LogP contribution in [-0.4, -0.2) is 26.3 Å². The third-order valence-corrected chi connectivity index (χ3v) is 4.74. The van der Waals surface area contributed by atoms with Crippen molar-refractivity contribution in [2.75, 3.05) is 7.05 Å². The molecule has 1 aliphatic rings. The summed E-state index contributed by atoms with van der Waals surface area (Å²) in [7, 11) is -2.26. The number of aryl methyl sites for hydroxylation is 1. The van der Waals surface area contributed by atoms with Gasteiger partial charge >= 0.3 is 0 Å². The molecule has 7 heteroatoms. The molecule has 3 rings (SSSR count). The van der Waals surface area contributed by atoms with Crippen molar-refractivity contribution < 1.29 is 17.6 Å². The summed E-state index contributed by atoms with van der Waals surface area (Å²) in [6.45, 7) is 0. The number of furan rings is 1. The summed E-state index contributed by atoms with van der Waals surface area (Å²) in [5.41, 5.74) is 2.35. The number of hydrogen-bond donors (Lipinski definition) is 1. The van der Waals surface area contributed by atoms with E-state index >= 15 is 0 Å². The number of hydrogen-bond acceptors (Lipinski definition) is 4. The van der Waals surface area contributed by atoms with Crippen LogP contribution in [0.1, 0.15) is 34.1 Å². The van der Waals surface area contributed by atoms with Crippen molar-refractivity contribution in [3.05, 3.63) is 53.3 Å². The molecule has 2 N–H and O–H groups in total. The molecule has 22 heavy (non-hydrogen) atoms. The van der Waals surface area contributed by atoms with Gasteiger partial charge in [0.2, 0.25) is 5.09 Å². The largest absolute Gasteiger partial charge is 0.438 e. The summed E-state index contributed by atoms with van der Waals surface area (Å²) in [6, 6.07) is 10.5. The van der Waals surface area contributed by atoms with Crippen molar-refractivity contribution >= 4 is 15.9 Å². The number of carbonyl (C=O) groups is 1. The van der Waals surface area contributed by atoms with Gasteiger partial charge in [-0.25, -0.2) is 13.6 Å². The normalized spacial score (nSPS) is 17.3. The molecule has 116 valence electrons. The summed E-state index contributed by atoms with van der Waals surface area (Å²) < 4.78 is 27.5. The van der Waals surface area contributed by atoms with Crippen LogP contribution in [0.25, 0.3) is 0 Å². The molecule has 0 bridgehead atoms. The van der Waals surface area contributed by atoms with E-state index in [-0.39, 0.29) is 17.7 Å². The number of nitrogens with two attached hydrogens (primary N) is 1. The van der Waals surface area contributed by atoms with Crippen molar-refractivity contribution in [2.24, 2.45) is 5.14 Å². The molecule has 0 radical (unpaired) electrons. The van der Waals surface area contributed by atoms with Crippen LogP contribution in [-0.2, 0) is 16.4 Å². The quantitative estimate of drug-likeness (QED) is 0.931. The molecule has 1 aromatic carbocycles. The monoisotopic (exact) mass is 320 g/mol. The van der Waals surface area contributed by atoms with Crippen molar-refractivity contribution in [1.29, 1.82) is 0 Å². The van der Waals surface area contributed by atoms with Crippen LogP contribution in [0.4, 0.5) is 0 Å². The fourth-order valence-electron chi connectivity index (χ4n) is 2.84. The molecule has 1 atom stereocenters. The summed E-state index contributed by atoms with van der Waals surface area (Å²) >= 11 is 0. The average Bonchev–Trinajstić information content (AvgIpc) is 3.12. The van der Waals surface area contributed by atoms with E-state index in [2.05, 4.69) is 6.07 Å². The molecule has 6 nitrogen and oxygen atoms in total. The number of benzene rings is 1. The molecule has 0 saturated heterocycles. The second-order valence-corrected chi connectivity index (χ2v) is 6.83. The highest BCUT2D eigenvalue weighted by atomic mass is 32.2. The van der Waals surface area contributed by atoms with Gasteiger partial charge in [0.05, 0.1) is 6.04 Å². The highest BCUT2D eigenvalue weighted by Gasteiger charge is 2.30. The lowest BCUT2D eigenvalue weighted by Crippen LogP contribution is -2.29. The molecular formula is C15H16N2O4S. The van der Waals surface area contributed by atoms with Crippen LogP contribution in [0.15, 0.2) is 45.9 Å². The maximum atomic E-state index is 12.5. The molecule has 2 aromatic rings. The maximum Gasteiger partial charge on any atom is 0.289 e. The number of fused-ring (bicyclic) bond motifs is 1. The summed E-state index contributed by atoms with van der Waals surface area (Å²) in [6.07, 6.45) is 1.75. The molecule has 0 spiro atoms. The fraction of sp³-hybridized carbons (Fsp3) is 0.267. The first-order chi connectivity index (χ1) is 10.4. The molecule has 1 aliphatic carbocycles. The lowest BCUT2D eigenvalue weighted by molar-refractivity contribution is 0.0692. The van der Waals surface area contributed by atoms with Crippen LogP contribution >= 0.6 is 0 Å². The lowest BCUT2D eigenvalue weighted by Gasteiger charge is -2.24. The second-order valence-electron chi connectivity index (χ2n) is 5.33. The molecule has 0 saturated carbocycles. The van der Waals surface area contributed by atoms with Crippen LogP contribution < -0.4 is 5.14 Å². The minimum absolute atomic E-state index is 0.0316. The number of nitrogens with zero attached hydrogens (tertiary/aromatic N) is 1. The molecule has 0 unspecified atom stereocenters. The first kappa shape index (κ1) is 14.8. The van der Waals surface area contributed by atoms with E-state index in [4.69, 9.17) is 9.56 Å². The Balaban J connectivity index is 1.86. The molecule has 1 aromatic heterocycles. The Bertz CT molecular complexity index is 826. The SMILES string of the molecule is CN(C(=O)c1ccc(S(N)(=O)=O)o1)[C@H]1CCc2ccccc21. The summed E-state index contributed by atoms with van der Waals surface area (Å²) in [5, 5.41) is 4.58. The Morgan fingerprint density at radius 1 is 1.27 bits per heavy atom. The number of primary sulfonamides is 1. The van der Waals surface area contributed by atoms with E-state index in [1.807, 2.05) is 18.2 Å². The van der Waals surface area contributed by atoms with Gasteiger partial charge in [-0.1, -0.05) is 24.3 Å². The smallest absolute Gasteiger partial charge is 0.289 e. The van der Waals surface area contributed by atoms with Crippen molar-refractivity contribution in [2.45, 2.75) is 24.0 Å². The van der Waals surface area contributed by atoms with Crippen LogP contribution in [0, 0.1) is 0 Å². The van der Waals surface area contributed by atoms with Gasteiger partial charge < -0.3 is 9.32 Å². The summed E-state index contributed by atoms with van der Waals surface area (Å²) in [4.78, 5) is 14.1. The van der Waals surface area contributed by atoms with Crippen LogP contribution in [0.3, 0.4) is 0 Å². The third kappa shape index (κ3) is 2.53. The van der Waals surface area contributed by atoms with Gasteiger partial charge in [0, 0.05) is 7.05 Å². The summed E-state index contributed by atoms with van der Waals surface area (Å²) in [5.74, 6) is -0.396. The predicted molar refractivity (Wildman–Crippen MR) is 79.7 cm³/mol. The lowest BCUT2D eigenvalue weighted by atomic mass is 10.1. The zero-order chi connectivity index (χ0) is 15.9. The molecule has 1 amide bonds. The average molecular weight is 320 g/mol. The van der Waals surface area contributed by atoms with Crippen molar-refractivity contribution in [1.82, 2.24) is 4.90 Å². The van der Waals surface area contributed by atoms with Gasteiger partial charge in [0.15, 0.2) is 5.76 Å². The topological polar surface area (TPSA) is 93.6 Å². The zero-order valence-electron chi connectivity index (χ0n) is 12.0. The van der Waals surface area contributed by atoms with Crippen molar-refractivity contribution in [3.8, 4) is 0 Å². The standard InChI is InChI=1S/C15H16N2O4S/c1-17(12-7-6-10-4-2-3-5-11(10)12)15(18)13-8-9-14(21-13)22(16,19)20/h2-5,8-9,12H,6-7H2,1H3,(H2,16,19,20)/t12-/m0/s1. The van der Waals surface area contributed by atoms with Gasteiger partial charge in [0.25, 0.3) is 15.9 Å². The number of amides is 1. The fourth-order valence-corrected chi connectivity index (χ4v) is 3.30. The Morgan fingerprint density at radius 3 is 2.68 bits per heavy atom. The van der Waals surface area contributed by atoms with E-state index in [1.54, 1.807) is 11.9 Å². The third-order valence-electron chi connectivity index (χ3n) is 3.96. The molecule has 0 fully saturated rings. The zero-order valence-corrected chi connectivity index (χ0v) is 12.8. The number of carbonyl (C=O) groups excluding carboxylic acids is 1. The molecule has 0 aliphatic heterocycles. The van der Waals surface area contributed by atoms with Crippen LogP contribution in [0.5, 0.6) is 0 Å². The van der Waals surface area contributed by atoms with E-state index in [0.29, 0.717) is 0 Å². The Kier molecular flexibility index (Phi) is 3.54. The van der Waals surface area contributed by atoms with E-state index < -0.39 is 15.1 Å². The van der Waals surface area contributed by atoms with E-state index in [1.165, 1.54) is 17.7 Å². The predicted octanol–water partition coefficient (Wildman–Crippen LogP) is 1.69. The maximum absolute atomic E-state index is 12.5. The minimum atomic E-state index is -3.95. The minimum Gasteiger partial charge on any atom is -0.438 e. The first-order valence-corrected chi connectivity index (χ1v) is 8.40. The van der Waals surface area contributed by atoms with E-state index in [9.17, 15) is 13.2 Å². The highest BCUT2D eigenvalue weighted by Crippen LogP contribution is 2.35. The van der Waals surface area contributed by atoms with Crippen molar-refractivity contribution in [3.63, 3.8) is 0 Å². The number of rotatable bonds is 3. The Hall–Kier alpha value is -2.12. The van der Waals surface area contributed by atoms with E-state index in [0.717, 1.165) is 18.4 Å². The highest BCUT2D eigenvalue weighted by molar-refractivity contribution is 7.89. The van der Waals surface area contributed by atoms with Crippen LogP contribution in [0.2, 0.25) is 0 Å². The Labute approximate surface area is 128 Å². The number of sulfonamides is 1.